The lowest BCUT2D eigenvalue weighted by Crippen LogP contribution is -1.95. The van der Waals surface area contributed by atoms with Crippen LogP contribution in [0.3, 0.4) is 0 Å². The van der Waals surface area contributed by atoms with Crippen molar-refractivity contribution in [3.05, 3.63) is 35.9 Å². The van der Waals surface area contributed by atoms with Crippen LogP contribution < -0.4 is 11.5 Å². The lowest BCUT2D eigenvalue weighted by Gasteiger charge is -2.08. The van der Waals surface area contributed by atoms with E-state index in [-0.39, 0.29) is 0 Å². The quantitative estimate of drug-likeness (QED) is 0.770. The summed E-state index contributed by atoms with van der Waals surface area (Å²) in [7, 11) is 0. The zero-order valence-corrected chi connectivity index (χ0v) is 9.66. The second-order valence-electron chi connectivity index (χ2n) is 4.26. The Morgan fingerprint density at radius 3 is 2.56 bits per heavy atom. The third kappa shape index (κ3) is 2.11. The van der Waals surface area contributed by atoms with Gasteiger partial charge in [-0.05, 0) is 53.4 Å². The fraction of sp³-hybridized carbons (Fsp3) is 0.286. The lowest BCUT2D eigenvalue weighted by atomic mass is 10.0. The van der Waals surface area contributed by atoms with Crippen LogP contribution in [0.5, 0.6) is 0 Å². The molecule has 0 heterocycles. The summed E-state index contributed by atoms with van der Waals surface area (Å²) >= 11 is 0. The Labute approximate surface area is 96.3 Å². The molecule has 0 aromatic heterocycles. The first-order valence-corrected chi connectivity index (χ1v) is 5.78. The topological polar surface area (TPSA) is 52.0 Å². The maximum absolute atomic E-state index is 6.04. The van der Waals surface area contributed by atoms with E-state index in [2.05, 4.69) is 19.1 Å². The summed E-state index contributed by atoms with van der Waals surface area (Å²) in [5, 5.41) is 2.34. The number of nitrogen functional groups attached to an aromatic ring is 2. The Hall–Kier alpha value is -1.70. The Bertz CT molecular complexity index is 503. The van der Waals surface area contributed by atoms with E-state index in [1.165, 1.54) is 23.8 Å². The highest BCUT2D eigenvalue weighted by Crippen LogP contribution is 2.25. The summed E-state index contributed by atoms with van der Waals surface area (Å²) in [6.45, 7) is 2.19. The maximum Gasteiger partial charge on any atom is 0.0353 e. The van der Waals surface area contributed by atoms with Crippen molar-refractivity contribution < 1.29 is 0 Å². The van der Waals surface area contributed by atoms with E-state index in [9.17, 15) is 0 Å². The monoisotopic (exact) mass is 214 g/mol. The maximum atomic E-state index is 6.04. The molecule has 0 aliphatic heterocycles. The minimum absolute atomic E-state index is 0.785. The standard InChI is InChI=1S/C14H18N2/c1-2-3-4-11-7-10-5-6-13(15)8-12(10)9-14(11)16/h5-9H,2-4,15-16H2,1H3. The van der Waals surface area contributed by atoms with Crippen LogP contribution in [0.1, 0.15) is 25.3 Å². The first-order valence-electron chi connectivity index (χ1n) is 5.78. The van der Waals surface area contributed by atoms with Crippen molar-refractivity contribution in [1.29, 1.82) is 0 Å². The molecule has 0 bridgehead atoms. The SMILES string of the molecule is CCCCc1cc2ccc(N)cc2cc1N. The van der Waals surface area contributed by atoms with E-state index in [0.717, 1.165) is 23.2 Å². The average Bonchev–Trinajstić information content (AvgIpc) is 2.26. The van der Waals surface area contributed by atoms with Gasteiger partial charge in [-0.2, -0.15) is 0 Å². The molecule has 0 radical (unpaired) electrons. The molecule has 2 heteroatoms. The first-order chi connectivity index (χ1) is 7.70. The predicted octanol–water partition coefficient (Wildman–Crippen LogP) is 3.35. The molecule has 0 unspecified atom stereocenters. The van der Waals surface area contributed by atoms with E-state index in [1.54, 1.807) is 0 Å². The molecule has 0 spiro atoms. The van der Waals surface area contributed by atoms with Crippen LogP contribution in [0.25, 0.3) is 10.8 Å². The number of anilines is 2. The fourth-order valence-corrected chi connectivity index (χ4v) is 1.96. The molecule has 0 aliphatic rings. The number of aryl methyl sites for hydroxylation is 1. The molecule has 84 valence electrons. The molecule has 0 fully saturated rings. The molecular formula is C14H18N2. The van der Waals surface area contributed by atoms with Crippen LogP contribution in [0.2, 0.25) is 0 Å². The molecule has 2 aromatic carbocycles. The van der Waals surface area contributed by atoms with E-state index in [0.29, 0.717) is 0 Å². The molecule has 0 atom stereocenters. The smallest absolute Gasteiger partial charge is 0.0353 e. The predicted molar refractivity (Wildman–Crippen MR) is 71.4 cm³/mol. The van der Waals surface area contributed by atoms with Gasteiger partial charge in [0, 0.05) is 11.4 Å². The van der Waals surface area contributed by atoms with Gasteiger partial charge in [0.1, 0.15) is 0 Å². The highest BCUT2D eigenvalue weighted by molar-refractivity contribution is 5.89. The second-order valence-corrected chi connectivity index (χ2v) is 4.26. The van der Waals surface area contributed by atoms with Crippen molar-refractivity contribution in [3.63, 3.8) is 0 Å². The second kappa shape index (κ2) is 4.44. The summed E-state index contributed by atoms with van der Waals surface area (Å²) in [6, 6.07) is 10.2. The highest BCUT2D eigenvalue weighted by atomic mass is 14.6. The Balaban J connectivity index is 2.45. The summed E-state index contributed by atoms with van der Waals surface area (Å²) in [5.74, 6) is 0. The van der Waals surface area contributed by atoms with Crippen LogP contribution in [-0.4, -0.2) is 0 Å². The lowest BCUT2D eigenvalue weighted by molar-refractivity contribution is 0.797. The van der Waals surface area contributed by atoms with Gasteiger partial charge >= 0.3 is 0 Å². The van der Waals surface area contributed by atoms with Gasteiger partial charge in [-0.3, -0.25) is 0 Å². The van der Waals surface area contributed by atoms with E-state index >= 15 is 0 Å². The Morgan fingerprint density at radius 2 is 1.81 bits per heavy atom. The van der Waals surface area contributed by atoms with Crippen LogP contribution in [0.4, 0.5) is 11.4 Å². The van der Waals surface area contributed by atoms with Gasteiger partial charge < -0.3 is 11.5 Å². The van der Waals surface area contributed by atoms with Gasteiger partial charge in [0.05, 0.1) is 0 Å². The van der Waals surface area contributed by atoms with Crippen LogP contribution >= 0.6 is 0 Å². The number of hydrogen-bond acceptors (Lipinski definition) is 2. The molecule has 0 amide bonds. The minimum atomic E-state index is 0.785. The molecule has 2 aromatic rings. The number of fused-ring (bicyclic) bond motifs is 1. The summed E-state index contributed by atoms with van der Waals surface area (Å²) in [5.41, 5.74) is 14.7. The molecule has 0 saturated heterocycles. The zero-order chi connectivity index (χ0) is 11.5. The molecule has 4 N–H and O–H groups in total. The third-order valence-electron chi connectivity index (χ3n) is 2.92. The van der Waals surface area contributed by atoms with Gasteiger partial charge in [0.2, 0.25) is 0 Å². The molecule has 16 heavy (non-hydrogen) atoms. The van der Waals surface area contributed by atoms with E-state index in [4.69, 9.17) is 11.5 Å². The zero-order valence-electron chi connectivity index (χ0n) is 9.66. The van der Waals surface area contributed by atoms with Gasteiger partial charge in [0.15, 0.2) is 0 Å². The molecule has 2 rings (SSSR count). The summed E-state index contributed by atoms with van der Waals surface area (Å²) < 4.78 is 0. The summed E-state index contributed by atoms with van der Waals surface area (Å²) in [4.78, 5) is 0. The van der Waals surface area contributed by atoms with Crippen molar-refractivity contribution in [2.75, 3.05) is 11.5 Å². The van der Waals surface area contributed by atoms with Gasteiger partial charge in [-0.15, -0.1) is 0 Å². The molecule has 0 saturated carbocycles. The van der Waals surface area contributed by atoms with Gasteiger partial charge in [-0.1, -0.05) is 19.4 Å². The number of nitrogens with two attached hydrogens (primary N) is 2. The van der Waals surface area contributed by atoms with E-state index < -0.39 is 0 Å². The fourth-order valence-electron chi connectivity index (χ4n) is 1.96. The van der Waals surface area contributed by atoms with Gasteiger partial charge in [0.25, 0.3) is 0 Å². The van der Waals surface area contributed by atoms with Crippen molar-refractivity contribution >= 4 is 22.1 Å². The molecular weight excluding hydrogens is 196 g/mol. The van der Waals surface area contributed by atoms with Crippen molar-refractivity contribution in [2.24, 2.45) is 0 Å². The highest BCUT2D eigenvalue weighted by Gasteiger charge is 2.02. The van der Waals surface area contributed by atoms with Crippen LogP contribution in [0.15, 0.2) is 30.3 Å². The number of hydrogen-bond donors (Lipinski definition) is 2. The Morgan fingerprint density at radius 1 is 1.00 bits per heavy atom. The Kier molecular flexibility index (Phi) is 3.00. The average molecular weight is 214 g/mol. The molecule has 2 nitrogen and oxygen atoms in total. The van der Waals surface area contributed by atoms with Crippen molar-refractivity contribution in [2.45, 2.75) is 26.2 Å². The number of unbranched alkanes of at least 4 members (excludes halogenated alkanes) is 1. The normalized spacial score (nSPS) is 10.8. The number of benzene rings is 2. The first kappa shape index (κ1) is 10.8. The largest absolute Gasteiger partial charge is 0.399 e. The minimum Gasteiger partial charge on any atom is -0.399 e. The van der Waals surface area contributed by atoms with Crippen molar-refractivity contribution in [1.82, 2.24) is 0 Å². The summed E-state index contributed by atoms with van der Waals surface area (Å²) in [6.07, 6.45) is 3.44. The third-order valence-corrected chi connectivity index (χ3v) is 2.92. The van der Waals surface area contributed by atoms with Crippen molar-refractivity contribution in [3.8, 4) is 0 Å². The van der Waals surface area contributed by atoms with Crippen LogP contribution in [0, 0.1) is 0 Å². The van der Waals surface area contributed by atoms with Crippen LogP contribution in [-0.2, 0) is 6.42 Å². The molecule has 0 aliphatic carbocycles. The van der Waals surface area contributed by atoms with E-state index in [1.807, 2.05) is 18.2 Å². The van der Waals surface area contributed by atoms with Gasteiger partial charge in [-0.25, -0.2) is 0 Å². The number of rotatable bonds is 3.